The summed E-state index contributed by atoms with van der Waals surface area (Å²) in [5, 5.41) is 0. The van der Waals surface area contributed by atoms with Gasteiger partial charge in [0, 0.05) is 6.42 Å². The van der Waals surface area contributed by atoms with Gasteiger partial charge in [-0.2, -0.15) is 13.2 Å². The Labute approximate surface area is 110 Å². The van der Waals surface area contributed by atoms with Gasteiger partial charge in [-0.25, -0.2) is 0 Å². The van der Waals surface area contributed by atoms with Crippen LogP contribution in [0.4, 0.5) is 13.2 Å². The molecule has 0 fully saturated rings. The third kappa shape index (κ3) is 5.17. The third-order valence-corrected chi connectivity index (χ3v) is 3.14. The molecule has 0 N–H and O–H groups in total. The van der Waals surface area contributed by atoms with E-state index in [1.807, 2.05) is 0 Å². The van der Waals surface area contributed by atoms with E-state index in [2.05, 4.69) is 79.6 Å². The largest absolute Gasteiger partial charge is 0.413 e. The molecule has 0 unspecified atom stereocenters. The number of hydrogen-bond acceptors (Lipinski definition) is 0. The Balaban J connectivity index is 4.44. The zero-order chi connectivity index (χ0) is 10.2. The van der Waals surface area contributed by atoms with Crippen molar-refractivity contribution in [2.24, 2.45) is 0 Å². The molecule has 0 saturated heterocycles. The summed E-state index contributed by atoms with van der Waals surface area (Å²) in [5.41, 5.74) is 0. The van der Waals surface area contributed by atoms with Crippen molar-refractivity contribution in [3.05, 3.63) is 0 Å². The number of alkyl halides is 8. The van der Waals surface area contributed by atoms with Crippen LogP contribution in [0.15, 0.2) is 0 Å². The first kappa shape index (κ1) is 14.2. The lowest BCUT2D eigenvalue weighted by Crippen LogP contribution is -2.36. The van der Waals surface area contributed by atoms with E-state index < -0.39 is 11.6 Å². The second-order valence-corrected chi connectivity index (χ2v) is 13.0. The number of halogens is 8. The molecule has 74 valence electrons. The molecule has 0 aromatic heterocycles. The van der Waals surface area contributed by atoms with E-state index >= 15 is 0 Å². The van der Waals surface area contributed by atoms with Crippen molar-refractivity contribution >= 4 is 79.6 Å². The Morgan fingerprint density at radius 2 is 1.17 bits per heavy atom. The first-order chi connectivity index (χ1) is 4.96. The highest BCUT2D eigenvalue weighted by atomic mass is 80.0. The number of hydrogen-bond donors (Lipinski definition) is 0. The van der Waals surface area contributed by atoms with Crippen LogP contribution in [-0.2, 0) is 0 Å². The predicted octanol–water partition coefficient (Wildman–Crippen LogP) is 5.26. The summed E-state index contributed by atoms with van der Waals surface area (Å²) >= 11 is 14.0. The molecule has 0 aliphatic rings. The summed E-state index contributed by atoms with van der Waals surface area (Å²) in [4.78, 5) is 0. The van der Waals surface area contributed by atoms with E-state index in [9.17, 15) is 13.2 Å². The van der Waals surface area contributed by atoms with E-state index in [0.29, 0.717) is 0 Å². The average molecular weight is 507 g/mol. The van der Waals surface area contributed by atoms with Crippen molar-refractivity contribution in [3.8, 4) is 0 Å². The van der Waals surface area contributed by atoms with Crippen molar-refractivity contribution in [1.82, 2.24) is 0 Å². The normalized spacial score (nSPS) is 15.0. The minimum Gasteiger partial charge on any atom is -0.168 e. The first-order valence-electron chi connectivity index (χ1n) is 2.47. The van der Waals surface area contributed by atoms with Crippen LogP contribution < -0.4 is 0 Å². The van der Waals surface area contributed by atoms with Gasteiger partial charge < -0.3 is 0 Å². The second kappa shape index (κ2) is 4.37. The van der Waals surface area contributed by atoms with Crippen molar-refractivity contribution < 1.29 is 13.2 Å². The van der Waals surface area contributed by atoms with Crippen LogP contribution in [0.5, 0.6) is 0 Å². The molecule has 0 rings (SSSR count). The van der Waals surface area contributed by atoms with Gasteiger partial charge in [-0.15, -0.1) is 0 Å². The first-order valence-corrected chi connectivity index (χ1v) is 6.43. The predicted molar refractivity (Wildman–Crippen MR) is 60.8 cm³/mol. The monoisotopic (exact) mass is 502 g/mol. The summed E-state index contributed by atoms with van der Waals surface area (Å²) in [7, 11) is 0. The van der Waals surface area contributed by atoms with Gasteiger partial charge in [-0.1, -0.05) is 79.6 Å². The van der Waals surface area contributed by atoms with Gasteiger partial charge in [-0.3, -0.25) is 0 Å². The molecular formula is C4H2Br5F3. The van der Waals surface area contributed by atoms with Crippen LogP contribution in [-0.4, -0.2) is 11.6 Å². The highest BCUT2D eigenvalue weighted by Gasteiger charge is 2.54. The summed E-state index contributed by atoms with van der Waals surface area (Å²) < 4.78 is 33.6. The molecule has 0 atom stereocenters. The molecule has 0 bridgehead atoms. The molecule has 0 aromatic rings. The van der Waals surface area contributed by atoms with Crippen molar-refractivity contribution in [1.29, 1.82) is 0 Å². The van der Waals surface area contributed by atoms with Gasteiger partial charge in [-0.05, 0) is 0 Å². The van der Waals surface area contributed by atoms with Crippen LogP contribution in [0, 0.1) is 0 Å². The highest BCUT2D eigenvalue weighted by Crippen LogP contribution is 2.53. The van der Waals surface area contributed by atoms with E-state index in [-0.39, 0.29) is 6.42 Å². The Morgan fingerprint density at radius 3 is 1.25 bits per heavy atom. The molecule has 0 aliphatic carbocycles. The van der Waals surface area contributed by atoms with Crippen LogP contribution in [0.25, 0.3) is 0 Å². The fourth-order valence-corrected chi connectivity index (χ4v) is 4.71. The van der Waals surface area contributed by atoms with Crippen molar-refractivity contribution in [2.45, 2.75) is 18.0 Å². The van der Waals surface area contributed by atoms with Crippen molar-refractivity contribution in [3.63, 3.8) is 0 Å². The topological polar surface area (TPSA) is 0 Å². The molecule has 0 aromatic carbocycles. The maximum atomic E-state index is 12.2. The molecule has 12 heavy (non-hydrogen) atoms. The van der Waals surface area contributed by atoms with Crippen LogP contribution >= 0.6 is 79.6 Å². The van der Waals surface area contributed by atoms with E-state index in [1.165, 1.54) is 0 Å². The molecule has 0 saturated carbocycles. The molecule has 0 aliphatic heterocycles. The fourth-order valence-electron chi connectivity index (χ4n) is 0.352. The van der Waals surface area contributed by atoms with Gasteiger partial charge >= 0.3 is 6.18 Å². The SMILES string of the molecule is FC(F)(F)C(Br)(Br)CC(Br)(Br)Br. The number of rotatable bonds is 1. The molecule has 0 heterocycles. The molecule has 0 radical (unpaired) electrons. The van der Waals surface area contributed by atoms with Crippen LogP contribution in [0.1, 0.15) is 6.42 Å². The maximum Gasteiger partial charge on any atom is 0.413 e. The summed E-state index contributed by atoms with van der Waals surface area (Å²) in [5.74, 6) is 0. The zero-order valence-electron chi connectivity index (χ0n) is 5.23. The van der Waals surface area contributed by atoms with Crippen molar-refractivity contribution in [2.75, 3.05) is 0 Å². The van der Waals surface area contributed by atoms with Gasteiger partial charge in [0.15, 0.2) is 3.23 Å². The van der Waals surface area contributed by atoms with Gasteiger partial charge in [0.2, 0.25) is 0 Å². The molecular weight excluding hydrogens is 505 g/mol. The van der Waals surface area contributed by atoms with Crippen LogP contribution in [0.3, 0.4) is 0 Å². The van der Waals surface area contributed by atoms with E-state index in [1.54, 1.807) is 0 Å². The highest BCUT2D eigenvalue weighted by molar-refractivity contribution is 9.39. The van der Waals surface area contributed by atoms with Crippen LogP contribution in [0.2, 0.25) is 0 Å². The quantitative estimate of drug-likeness (QED) is 0.426. The third-order valence-electron chi connectivity index (χ3n) is 0.837. The zero-order valence-corrected chi connectivity index (χ0v) is 13.2. The second-order valence-electron chi connectivity index (χ2n) is 1.99. The van der Waals surface area contributed by atoms with E-state index in [4.69, 9.17) is 0 Å². The average Bonchev–Trinajstić information content (AvgIpc) is 1.52. The lowest BCUT2D eigenvalue weighted by atomic mass is 10.3. The Hall–Kier alpha value is 2.19. The molecule has 0 spiro atoms. The molecule has 8 heteroatoms. The standard InChI is InChI=1S/C4H2Br5F3/c5-2(6,4(10,11)12)1-3(7,8)9/h1H2. The lowest BCUT2D eigenvalue weighted by Gasteiger charge is -2.27. The maximum absolute atomic E-state index is 12.2. The Bertz CT molecular complexity index is 157. The van der Waals surface area contributed by atoms with Gasteiger partial charge in [0.25, 0.3) is 0 Å². The van der Waals surface area contributed by atoms with Gasteiger partial charge in [0.1, 0.15) is 2.14 Å². The minimum absolute atomic E-state index is 0.260. The fraction of sp³-hybridized carbons (Fsp3) is 1.00. The lowest BCUT2D eigenvalue weighted by molar-refractivity contribution is -0.134. The molecule has 0 amide bonds. The van der Waals surface area contributed by atoms with Gasteiger partial charge in [0.05, 0.1) is 0 Å². The summed E-state index contributed by atoms with van der Waals surface area (Å²) in [6.07, 6.45) is -4.61. The summed E-state index contributed by atoms with van der Waals surface area (Å²) in [6.45, 7) is 0. The summed E-state index contributed by atoms with van der Waals surface area (Å²) in [6, 6.07) is 0. The smallest absolute Gasteiger partial charge is 0.168 e. The molecule has 0 nitrogen and oxygen atoms in total. The Kier molecular flexibility index (Phi) is 5.16. The minimum atomic E-state index is -4.35. The Morgan fingerprint density at radius 1 is 0.833 bits per heavy atom. The van der Waals surface area contributed by atoms with E-state index in [0.717, 1.165) is 0 Å².